The molecule has 0 aromatic carbocycles. The molecule has 18 heteroatoms. The monoisotopic (exact) mass is 632 g/mol. The van der Waals surface area contributed by atoms with Crippen LogP contribution in [0.25, 0.3) is 5.65 Å². The smallest absolute Gasteiger partial charge is 0.857 e. The molecule has 0 radical (unpaired) electrons. The second-order valence-corrected chi connectivity index (χ2v) is 11.7. The van der Waals surface area contributed by atoms with Crippen molar-refractivity contribution in [2.24, 2.45) is 10.1 Å². The first-order valence-electron chi connectivity index (χ1n) is 12.2. The number of carboxylic acids is 2. The summed E-state index contributed by atoms with van der Waals surface area (Å²) in [6, 6.07) is 4.22. The normalized spacial score (nSPS) is 18.9. The Morgan fingerprint density at radius 1 is 1.37 bits per heavy atom. The Kier molecular flexibility index (Phi) is 9.18. The van der Waals surface area contributed by atoms with Crippen molar-refractivity contribution in [1.29, 1.82) is 5.26 Å². The number of nitrogens with zero attached hydrogens (tertiary/aromatic N) is 7. The maximum Gasteiger partial charge on any atom is 1.00 e. The van der Waals surface area contributed by atoms with Crippen molar-refractivity contribution < 1.29 is 68.7 Å². The molecule has 0 spiro atoms. The topological polar surface area (TPSA) is 226 Å². The van der Waals surface area contributed by atoms with E-state index in [9.17, 15) is 29.7 Å². The first-order chi connectivity index (χ1) is 19.9. The number of thiazole rings is 1. The molecule has 1 amide bonds. The number of aliphatic carboxylic acids is 2. The van der Waals surface area contributed by atoms with E-state index in [2.05, 4.69) is 21.2 Å². The molecular formula is C25H21N8NaO7S2. The van der Waals surface area contributed by atoms with Crippen LogP contribution in [0.15, 0.2) is 57.5 Å². The van der Waals surface area contributed by atoms with Crippen LogP contribution in [-0.2, 0) is 25.8 Å². The summed E-state index contributed by atoms with van der Waals surface area (Å²) in [5, 5.41) is 48.0. The predicted molar refractivity (Wildman–Crippen MR) is 145 cm³/mol. The van der Waals surface area contributed by atoms with Crippen molar-refractivity contribution in [3.63, 3.8) is 0 Å². The van der Waals surface area contributed by atoms with Gasteiger partial charge in [0.25, 0.3) is 11.6 Å². The SMILES string of the molecule is CC(C)(O/N=C(/C([O-])=N[C@@H]1C(=O)N2C(C(=O)O)=C(C[n+]3ccn4cc(C#N)ccc43)CS[C@H]12)c1csc(N)n1)C(=O)[O-].[Na+]. The summed E-state index contributed by atoms with van der Waals surface area (Å²) in [7, 11) is 0. The number of carbonyl (C=O) groups excluding carboxylic acids is 2. The Hall–Kier alpha value is -3.95. The minimum Gasteiger partial charge on any atom is -0.857 e. The standard InChI is InChI=1S/C25H22N8O7S2.Na/c1-25(2,23(38)39)40-30-16(14-11-42-24(27)28-14)19(34)29-17-20(35)33-18(22(36)37)13(10-41-21(17)33)9-32-6-5-31-8-12(7-26)3-4-15(31)32;/h3-6,8,11,17,21H,9-10H2,1-2H3,(H4-,27,28,29,34,36,37,38,39);/q;+1/p-1/b30-16+;/t17-,21-;/m1./s1. The zero-order valence-electron chi connectivity index (χ0n) is 23.0. The van der Waals surface area contributed by atoms with E-state index in [1.165, 1.54) is 31.0 Å². The van der Waals surface area contributed by atoms with Crippen LogP contribution in [-0.4, -0.2) is 71.6 Å². The molecule has 5 rings (SSSR count). The van der Waals surface area contributed by atoms with Crippen LogP contribution in [0.2, 0.25) is 0 Å². The Morgan fingerprint density at radius 2 is 2.12 bits per heavy atom. The minimum absolute atomic E-state index is 0. The first-order valence-corrected chi connectivity index (χ1v) is 14.1. The van der Waals surface area contributed by atoms with Gasteiger partial charge in [-0.15, -0.1) is 23.1 Å². The first kappa shape index (κ1) is 32.0. The molecule has 0 unspecified atom stereocenters. The molecule has 1 fully saturated rings. The molecule has 0 aliphatic carbocycles. The van der Waals surface area contributed by atoms with Gasteiger partial charge in [0.15, 0.2) is 16.8 Å². The summed E-state index contributed by atoms with van der Waals surface area (Å²) in [6.07, 6.45) is 5.12. The average molecular weight is 633 g/mol. The number of hydrogen-bond acceptors (Lipinski definition) is 13. The zero-order chi connectivity index (χ0) is 30.3. The molecular weight excluding hydrogens is 611 g/mol. The molecule has 15 nitrogen and oxygen atoms in total. The van der Waals surface area contributed by atoms with E-state index in [0.29, 0.717) is 16.8 Å². The van der Waals surface area contributed by atoms with E-state index >= 15 is 0 Å². The van der Waals surface area contributed by atoms with Crippen LogP contribution in [0.3, 0.4) is 0 Å². The number of carbonyl (C=O) groups is 3. The molecule has 2 aliphatic heterocycles. The van der Waals surface area contributed by atoms with E-state index in [0.717, 1.165) is 16.2 Å². The molecule has 0 bridgehead atoms. The maximum absolute atomic E-state index is 13.2. The predicted octanol–water partition coefficient (Wildman–Crippen LogP) is -4.53. The Balaban J connectivity index is 0.00000423. The molecule has 2 atom stereocenters. The van der Waals surface area contributed by atoms with Crippen molar-refractivity contribution in [2.45, 2.75) is 37.4 Å². The number of hydrogen-bond donors (Lipinski definition) is 2. The second kappa shape index (κ2) is 12.3. The summed E-state index contributed by atoms with van der Waals surface area (Å²) >= 11 is 2.24. The van der Waals surface area contributed by atoms with Crippen LogP contribution in [0.4, 0.5) is 5.13 Å². The number of nitrogens with two attached hydrogens (primary N) is 1. The van der Waals surface area contributed by atoms with Gasteiger partial charge in [-0.1, -0.05) is 5.16 Å². The number of pyridine rings is 1. The fourth-order valence-corrected chi connectivity index (χ4v) is 6.12. The van der Waals surface area contributed by atoms with Gasteiger partial charge >= 0.3 is 35.5 Å². The van der Waals surface area contributed by atoms with E-state index in [1.54, 1.807) is 39.7 Å². The Bertz CT molecular complexity index is 1770. The number of carboxylic acid groups (broad SMARTS) is 2. The van der Waals surface area contributed by atoms with Crippen LogP contribution in [0.5, 0.6) is 0 Å². The number of fused-ring (bicyclic) bond motifs is 2. The van der Waals surface area contributed by atoms with Crippen molar-refractivity contribution in [1.82, 2.24) is 14.3 Å². The summed E-state index contributed by atoms with van der Waals surface area (Å²) in [5.41, 5.74) is 4.72. The van der Waals surface area contributed by atoms with Gasteiger partial charge in [-0.3, -0.25) is 14.7 Å². The average Bonchev–Trinajstić information content (AvgIpc) is 3.56. The number of aromatic nitrogens is 3. The third-order valence-electron chi connectivity index (χ3n) is 6.45. The minimum atomic E-state index is -1.89. The number of rotatable bonds is 9. The largest absolute Gasteiger partial charge is 1.00 e. The molecule has 5 heterocycles. The number of amides is 1. The second-order valence-electron chi connectivity index (χ2n) is 9.67. The molecule has 3 N–H and O–H groups in total. The number of β-lactam (4-membered cyclic amide) rings is 1. The third-order valence-corrected chi connectivity index (χ3v) is 8.45. The van der Waals surface area contributed by atoms with Crippen molar-refractivity contribution in [3.05, 3.63) is 58.6 Å². The van der Waals surface area contributed by atoms with Gasteiger partial charge in [-0.25, -0.2) is 18.7 Å². The van der Waals surface area contributed by atoms with Crippen LogP contribution < -0.4 is 50.1 Å². The number of oxime groups is 1. The number of nitriles is 1. The Labute approximate surface area is 273 Å². The number of aliphatic imine (C=N–C) groups is 1. The third kappa shape index (κ3) is 6.10. The molecule has 216 valence electrons. The fourth-order valence-electron chi connectivity index (χ4n) is 4.25. The number of anilines is 1. The summed E-state index contributed by atoms with van der Waals surface area (Å²) in [6.45, 7) is 2.51. The van der Waals surface area contributed by atoms with Crippen molar-refractivity contribution in [3.8, 4) is 6.07 Å². The van der Waals surface area contributed by atoms with Gasteiger partial charge < -0.3 is 30.7 Å². The molecule has 0 saturated carbocycles. The van der Waals surface area contributed by atoms with Crippen LogP contribution in [0.1, 0.15) is 25.1 Å². The van der Waals surface area contributed by atoms with Crippen molar-refractivity contribution in [2.75, 3.05) is 11.5 Å². The van der Waals surface area contributed by atoms with Gasteiger partial charge in [-0.05, 0) is 19.9 Å². The van der Waals surface area contributed by atoms with Crippen LogP contribution in [0, 0.1) is 11.3 Å². The van der Waals surface area contributed by atoms with Gasteiger partial charge in [0.05, 0.1) is 11.5 Å². The maximum atomic E-state index is 13.2. The number of thioether (sulfide) groups is 1. The van der Waals surface area contributed by atoms with E-state index < -0.39 is 46.5 Å². The molecule has 3 aromatic rings. The Morgan fingerprint density at radius 3 is 2.74 bits per heavy atom. The van der Waals surface area contributed by atoms with Crippen molar-refractivity contribution >= 4 is 63.3 Å². The molecule has 3 aromatic heterocycles. The fraction of sp³-hybridized carbons (Fsp3) is 0.280. The molecule has 2 aliphatic rings. The van der Waals surface area contributed by atoms with E-state index in [1.807, 2.05) is 0 Å². The molecule has 1 saturated heterocycles. The van der Waals surface area contributed by atoms with E-state index in [-0.39, 0.29) is 58.4 Å². The summed E-state index contributed by atoms with van der Waals surface area (Å²) < 4.78 is 3.53. The summed E-state index contributed by atoms with van der Waals surface area (Å²) in [4.78, 5) is 50.9. The number of imidazole rings is 1. The van der Waals surface area contributed by atoms with Gasteiger partial charge in [0, 0.05) is 28.7 Å². The van der Waals surface area contributed by atoms with E-state index in [4.69, 9.17) is 15.8 Å². The molecule has 43 heavy (non-hydrogen) atoms. The zero-order valence-corrected chi connectivity index (χ0v) is 26.6. The van der Waals surface area contributed by atoms with Gasteiger partial charge in [0.1, 0.15) is 53.7 Å². The number of nitrogen functional groups attached to an aromatic ring is 1. The van der Waals surface area contributed by atoms with Gasteiger partial charge in [0.2, 0.25) is 0 Å². The van der Waals surface area contributed by atoms with Crippen LogP contribution >= 0.6 is 23.1 Å². The summed E-state index contributed by atoms with van der Waals surface area (Å²) in [5.74, 6) is -4.37. The quantitative estimate of drug-likeness (QED) is 0.0570. The van der Waals surface area contributed by atoms with Gasteiger partial charge in [-0.2, -0.15) is 5.26 Å².